The molecular formula is C29H31N3O7S2. The summed E-state index contributed by atoms with van der Waals surface area (Å²) in [5.41, 5.74) is 1.36. The molecule has 2 aromatic heterocycles. The van der Waals surface area contributed by atoms with Crippen molar-refractivity contribution in [3.63, 3.8) is 0 Å². The van der Waals surface area contributed by atoms with Crippen LogP contribution in [0.4, 0.5) is 0 Å². The van der Waals surface area contributed by atoms with Gasteiger partial charge in [0, 0.05) is 18.0 Å². The highest BCUT2D eigenvalue weighted by Gasteiger charge is 2.33. The van der Waals surface area contributed by atoms with Crippen molar-refractivity contribution in [1.82, 2.24) is 9.47 Å². The van der Waals surface area contributed by atoms with E-state index in [2.05, 4.69) is 4.99 Å². The Hall–Kier alpha value is -3.74. The highest BCUT2D eigenvalue weighted by atomic mass is 32.1. The van der Waals surface area contributed by atoms with Gasteiger partial charge in [0.2, 0.25) is 0 Å². The number of thiophene rings is 1. The maximum atomic E-state index is 13.8. The number of thiazole rings is 1. The standard InChI is InChI=1S/C29H31N3O7S2/c1-4-37-21-15-19(8-9-20(21)39-17-24(33)31-10-12-36-13-11-31)16-23-27(34)32-26(22-7-6-14-40-22)25(28(35)38-5-2)18(3)30-29(32)41-23/h6-9,14-16,26H,4-5,10-13,17H2,1-3H3/b23-16+/t26-/m0/s1. The van der Waals surface area contributed by atoms with Crippen molar-refractivity contribution < 1.29 is 28.5 Å². The van der Waals surface area contributed by atoms with E-state index in [1.165, 1.54) is 22.7 Å². The van der Waals surface area contributed by atoms with E-state index in [0.717, 1.165) is 10.4 Å². The van der Waals surface area contributed by atoms with Gasteiger partial charge in [-0.15, -0.1) is 11.3 Å². The molecule has 10 nitrogen and oxygen atoms in total. The Balaban J connectivity index is 1.47. The molecule has 12 heteroatoms. The molecule has 1 aromatic carbocycles. The molecule has 3 aromatic rings. The number of fused-ring (bicyclic) bond motifs is 1. The second-order valence-electron chi connectivity index (χ2n) is 9.24. The van der Waals surface area contributed by atoms with Gasteiger partial charge in [-0.25, -0.2) is 9.79 Å². The summed E-state index contributed by atoms with van der Waals surface area (Å²) >= 11 is 2.72. The Morgan fingerprint density at radius 3 is 2.63 bits per heavy atom. The van der Waals surface area contributed by atoms with Crippen LogP contribution in [0.5, 0.6) is 11.5 Å². The van der Waals surface area contributed by atoms with E-state index >= 15 is 0 Å². The van der Waals surface area contributed by atoms with Gasteiger partial charge in [0.1, 0.15) is 6.04 Å². The van der Waals surface area contributed by atoms with E-state index in [1.807, 2.05) is 24.4 Å². The normalized spacial score (nSPS) is 17.2. The zero-order chi connectivity index (χ0) is 28.9. The molecule has 0 radical (unpaired) electrons. The van der Waals surface area contributed by atoms with Gasteiger partial charge < -0.3 is 23.8 Å². The first-order valence-corrected chi connectivity index (χ1v) is 15.1. The molecule has 5 rings (SSSR count). The van der Waals surface area contributed by atoms with E-state index < -0.39 is 12.0 Å². The van der Waals surface area contributed by atoms with Crippen LogP contribution in [0.1, 0.15) is 37.3 Å². The van der Waals surface area contributed by atoms with Gasteiger partial charge in [-0.3, -0.25) is 14.2 Å². The molecule has 0 spiro atoms. The molecule has 0 N–H and O–H groups in total. The van der Waals surface area contributed by atoms with Crippen molar-refractivity contribution in [2.45, 2.75) is 26.8 Å². The minimum absolute atomic E-state index is 0.108. The third-order valence-electron chi connectivity index (χ3n) is 6.61. The number of carbonyl (C=O) groups excluding carboxylic acids is 2. The maximum Gasteiger partial charge on any atom is 0.338 e. The number of benzene rings is 1. The minimum Gasteiger partial charge on any atom is -0.490 e. The molecule has 1 atom stereocenters. The molecule has 1 amide bonds. The number of morpholine rings is 1. The zero-order valence-corrected chi connectivity index (χ0v) is 24.7. The Labute approximate surface area is 244 Å². The minimum atomic E-state index is -0.619. The molecule has 1 fully saturated rings. The van der Waals surface area contributed by atoms with Crippen LogP contribution in [-0.4, -0.2) is 67.5 Å². The zero-order valence-electron chi connectivity index (χ0n) is 23.1. The number of esters is 1. The highest BCUT2D eigenvalue weighted by Crippen LogP contribution is 2.33. The lowest BCUT2D eigenvalue weighted by molar-refractivity contribution is -0.139. The third-order valence-corrected chi connectivity index (χ3v) is 8.52. The molecule has 41 heavy (non-hydrogen) atoms. The maximum absolute atomic E-state index is 13.8. The van der Waals surface area contributed by atoms with Gasteiger partial charge in [-0.2, -0.15) is 0 Å². The molecular weight excluding hydrogens is 566 g/mol. The lowest BCUT2D eigenvalue weighted by atomic mass is 10.0. The topological polar surface area (TPSA) is 109 Å². The van der Waals surface area contributed by atoms with E-state index in [4.69, 9.17) is 18.9 Å². The Morgan fingerprint density at radius 1 is 1.12 bits per heavy atom. The molecule has 216 valence electrons. The van der Waals surface area contributed by atoms with Gasteiger partial charge >= 0.3 is 5.97 Å². The van der Waals surface area contributed by atoms with E-state index in [1.54, 1.807) is 47.6 Å². The van der Waals surface area contributed by atoms with E-state index in [0.29, 0.717) is 65.0 Å². The summed E-state index contributed by atoms with van der Waals surface area (Å²) in [6.45, 7) is 8.02. The fourth-order valence-corrected chi connectivity index (χ4v) is 6.57. The van der Waals surface area contributed by atoms with Gasteiger partial charge in [0.25, 0.3) is 11.5 Å². The highest BCUT2D eigenvalue weighted by molar-refractivity contribution is 7.10. The largest absolute Gasteiger partial charge is 0.490 e. The van der Waals surface area contributed by atoms with Crippen LogP contribution < -0.4 is 24.4 Å². The second-order valence-corrected chi connectivity index (χ2v) is 11.2. The Morgan fingerprint density at radius 2 is 1.93 bits per heavy atom. The number of hydrogen-bond acceptors (Lipinski definition) is 10. The molecule has 2 aliphatic heterocycles. The molecule has 1 saturated heterocycles. The molecule has 4 heterocycles. The first-order chi connectivity index (χ1) is 19.9. The van der Waals surface area contributed by atoms with Crippen LogP contribution in [0, 0.1) is 0 Å². The SMILES string of the molecule is CCOC(=O)C1=C(C)N=c2s/c(=C/c3ccc(OCC(=O)N4CCOCC4)c(OCC)c3)c(=O)n2[C@H]1c1cccs1. The number of amides is 1. The molecule has 0 unspecified atom stereocenters. The summed E-state index contributed by atoms with van der Waals surface area (Å²) in [4.78, 5) is 46.9. The number of aromatic nitrogens is 1. The molecule has 2 aliphatic rings. The van der Waals surface area contributed by atoms with Gasteiger partial charge in [0.05, 0.1) is 42.2 Å². The molecule has 0 saturated carbocycles. The van der Waals surface area contributed by atoms with Gasteiger partial charge in [-0.1, -0.05) is 23.5 Å². The number of hydrogen-bond donors (Lipinski definition) is 0. The fraction of sp³-hybridized carbons (Fsp3) is 0.379. The van der Waals surface area contributed by atoms with Crippen LogP contribution in [-0.2, 0) is 19.1 Å². The number of ether oxygens (including phenoxy) is 4. The summed E-state index contributed by atoms with van der Waals surface area (Å²) in [5.74, 6) is 0.323. The van der Waals surface area contributed by atoms with Crippen LogP contribution in [0.15, 0.2) is 56.8 Å². The summed E-state index contributed by atoms with van der Waals surface area (Å²) < 4.78 is 24.3. The van der Waals surface area contributed by atoms with Crippen LogP contribution in [0.2, 0.25) is 0 Å². The predicted molar refractivity (Wildman–Crippen MR) is 155 cm³/mol. The first kappa shape index (κ1) is 28.8. The Bertz CT molecular complexity index is 1630. The summed E-state index contributed by atoms with van der Waals surface area (Å²) in [5, 5.41) is 1.91. The van der Waals surface area contributed by atoms with E-state index in [-0.39, 0.29) is 24.7 Å². The van der Waals surface area contributed by atoms with Crippen LogP contribution in [0.3, 0.4) is 0 Å². The predicted octanol–water partition coefficient (Wildman–Crippen LogP) is 2.50. The lowest BCUT2D eigenvalue weighted by Crippen LogP contribution is -2.43. The number of nitrogens with zero attached hydrogens (tertiary/aromatic N) is 3. The number of allylic oxidation sites excluding steroid dienone is 1. The summed E-state index contributed by atoms with van der Waals surface area (Å²) in [6.07, 6.45) is 1.77. The van der Waals surface area contributed by atoms with Crippen LogP contribution in [0.25, 0.3) is 6.08 Å². The van der Waals surface area contributed by atoms with Crippen molar-refractivity contribution in [2.24, 2.45) is 4.99 Å². The van der Waals surface area contributed by atoms with Gasteiger partial charge in [0.15, 0.2) is 22.9 Å². The van der Waals surface area contributed by atoms with E-state index in [9.17, 15) is 14.4 Å². The monoisotopic (exact) mass is 597 g/mol. The third kappa shape index (κ3) is 6.14. The smallest absolute Gasteiger partial charge is 0.338 e. The van der Waals surface area contributed by atoms with Crippen LogP contribution >= 0.6 is 22.7 Å². The fourth-order valence-electron chi connectivity index (χ4n) is 4.70. The van der Waals surface area contributed by atoms with Gasteiger partial charge in [-0.05, 0) is 56.0 Å². The first-order valence-electron chi connectivity index (χ1n) is 13.4. The number of rotatable bonds is 9. The second kappa shape index (κ2) is 12.8. The molecule has 0 aliphatic carbocycles. The average molecular weight is 598 g/mol. The van der Waals surface area contributed by atoms with Crippen molar-refractivity contribution in [2.75, 3.05) is 46.1 Å². The average Bonchev–Trinajstić information content (AvgIpc) is 3.61. The quantitative estimate of drug-likeness (QED) is 0.349. The summed E-state index contributed by atoms with van der Waals surface area (Å²) in [6, 6.07) is 8.50. The Kier molecular flexibility index (Phi) is 9.01. The van der Waals surface area contributed by atoms with Crippen molar-refractivity contribution in [1.29, 1.82) is 0 Å². The van der Waals surface area contributed by atoms with Crippen molar-refractivity contribution in [3.05, 3.63) is 77.1 Å². The number of carbonyl (C=O) groups is 2. The van der Waals surface area contributed by atoms with Crippen molar-refractivity contribution >= 4 is 40.6 Å². The summed E-state index contributed by atoms with van der Waals surface area (Å²) in [7, 11) is 0. The molecule has 0 bridgehead atoms. The van der Waals surface area contributed by atoms with Crippen molar-refractivity contribution in [3.8, 4) is 11.5 Å². The lowest BCUT2D eigenvalue weighted by Gasteiger charge is -2.26.